The molecular formula is C16H25N3O4S. The maximum Gasteiger partial charge on any atom is 0.315 e. The van der Waals surface area contributed by atoms with Gasteiger partial charge in [0, 0.05) is 32.3 Å². The van der Waals surface area contributed by atoms with Crippen molar-refractivity contribution in [2.24, 2.45) is 0 Å². The summed E-state index contributed by atoms with van der Waals surface area (Å²) in [7, 11) is -3.42. The van der Waals surface area contributed by atoms with Gasteiger partial charge in [0.25, 0.3) is 0 Å². The highest BCUT2D eigenvalue weighted by Crippen LogP contribution is 2.10. The number of urea groups is 1. The quantitative estimate of drug-likeness (QED) is 0.680. The first-order valence-electron chi connectivity index (χ1n) is 8.22. The lowest BCUT2D eigenvalue weighted by Crippen LogP contribution is -2.44. The second-order valence-corrected chi connectivity index (χ2v) is 7.45. The number of benzene rings is 1. The number of sulfonamides is 1. The van der Waals surface area contributed by atoms with E-state index in [0.29, 0.717) is 32.7 Å². The van der Waals surface area contributed by atoms with Gasteiger partial charge in [-0.25, -0.2) is 17.9 Å². The third-order valence-corrected chi connectivity index (χ3v) is 5.39. The third-order valence-electron chi connectivity index (χ3n) is 3.82. The van der Waals surface area contributed by atoms with Gasteiger partial charge in [-0.3, -0.25) is 0 Å². The predicted molar refractivity (Wildman–Crippen MR) is 91.4 cm³/mol. The summed E-state index contributed by atoms with van der Waals surface area (Å²) in [5, 5.41) is 5.75. The van der Waals surface area contributed by atoms with Crippen LogP contribution in [0.5, 0.6) is 0 Å². The van der Waals surface area contributed by atoms with Gasteiger partial charge in [0.1, 0.15) is 0 Å². The molecule has 0 atom stereocenters. The molecule has 1 aromatic rings. The lowest BCUT2D eigenvalue weighted by atomic mass is 10.1. The van der Waals surface area contributed by atoms with E-state index in [1.807, 2.05) is 0 Å². The molecule has 7 nitrogen and oxygen atoms in total. The van der Waals surface area contributed by atoms with Crippen LogP contribution >= 0.6 is 0 Å². The van der Waals surface area contributed by atoms with E-state index in [1.165, 1.54) is 0 Å². The average molecular weight is 355 g/mol. The van der Waals surface area contributed by atoms with E-state index in [9.17, 15) is 13.2 Å². The molecule has 0 aromatic heterocycles. The summed E-state index contributed by atoms with van der Waals surface area (Å²) in [5.74, 6) is 0. The number of nitrogens with one attached hydrogen (secondary N) is 3. The molecule has 1 fully saturated rings. The molecule has 1 aliphatic heterocycles. The Bertz CT molecular complexity index is 625. The highest BCUT2D eigenvalue weighted by Gasteiger charge is 2.15. The molecule has 8 heteroatoms. The number of carbonyl (C=O) groups excluding carboxylic acids is 1. The van der Waals surface area contributed by atoms with Crippen molar-refractivity contribution in [3.8, 4) is 0 Å². The van der Waals surface area contributed by atoms with Crippen LogP contribution in [-0.2, 0) is 21.2 Å². The first-order valence-corrected chi connectivity index (χ1v) is 9.70. The van der Waals surface area contributed by atoms with Gasteiger partial charge in [-0.05, 0) is 37.0 Å². The average Bonchev–Trinajstić information content (AvgIpc) is 2.56. The Labute approximate surface area is 143 Å². The monoisotopic (exact) mass is 355 g/mol. The van der Waals surface area contributed by atoms with Crippen molar-refractivity contribution in [1.82, 2.24) is 15.4 Å². The van der Waals surface area contributed by atoms with Gasteiger partial charge >= 0.3 is 6.03 Å². The van der Waals surface area contributed by atoms with Gasteiger partial charge in [0.15, 0.2) is 0 Å². The number of amides is 2. The number of hydrogen-bond acceptors (Lipinski definition) is 4. The van der Waals surface area contributed by atoms with Gasteiger partial charge in [-0.15, -0.1) is 0 Å². The van der Waals surface area contributed by atoms with Crippen LogP contribution in [0.2, 0.25) is 0 Å². The fourth-order valence-corrected chi connectivity index (χ4v) is 3.55. The smallest absolute Gasteiger partial charge is 0.315 e. The maximum atomic E-state index is 11.9. The van der Waals surface area contributed by atoms with Crippen molar-refractivity contribution in [2.45, 2.75) is 37.1 Å². The van der Waals surface area contributed by atoms with Crippen LogP contribution in [-0.4, -0.2) is 46.8 Å². The summed E-state index contributed by atoms with van der Waals surface area (Å²) in [5.41, 5.74) is 0.969. The minimum Gasteiger partial charge on any atom is -0.381 e. The van der Waals surface area contributed by atoms with E-state index in [-0.39, 0.29) is 17.0 Å². The Morgan fingerprint density at radius 2 is 1.88 bits per heavy atom. The largest absolute Gasteiger partial charge is 0.381 e. The van der Waals surface area contributed by atoms with Gasteiger partial charge in [0.2, 0.25) is 10.0 Å². The zero-order chi connectivity index (χ0) is 17.4. The van der Waals surface area contributed by atoms with Crippen LogP contribution in [0.3, 0.4) is 0 Å². The van der Waals surface area contributed by atoms with E-state index in [1.54, 1.807) is 31.2 Å². The maximum absolute atomic E-state index is 11.9. The Morgan fingerprint density at radius 3 is 2.50 bits per heavy atom. The first kappa shape index (κ1) is 18.7. The van der Waals surface area contributed by atoms with E-state index in [2.05, 4.69) is 15.4 Å². The van der Waals surface area contributed by atoms with Crippen LogP contribution < -0.4 is 15.4 Å². The molecule has 134 valence electrons. The molecule has 0 aliphatic carbocycles. The highest BCUT2D eigenvalue weighted by molar-refractivity contribution is 7.89. The molecule has 1 aromatic carbocycles. The third kappa shape index (κ3) is 5.77. The second-order valence-electron chi connectivity index (χ2n) is 5.68. The Hall–Kier alpha value is -1.64. The minimum atomic E-state index is -3.42. The van der Waals surface area contributed by atoms with E-state index < -0.39 is 10.0 Å². The summed E-state index contributed by atoms with van der Waals surface area (Å²) in [6, 6.07) is 6.69. The molecule has 1 saturated heterocycles. The van der Waals surface area contributed by atoms with Gasteiger partial charge in [-0.2, -0.15) is 0 Å². The van der Waals surface area contributed by atoms with Crippen LogP contribution in [0.15, 0.2) is 29.2 Å². The molecule has 0 unspecified atom stereocenters. The summed E-state index contributed by atoms with van der Waals surface area (Å²) in [4.78, 5) is 12.1. The molecule has 24 heavy (non-hydrogen) atoms. The predicted octanol–water partition coefficient (Wildman–Crippen LogP) is 1.01. The molecule has 0 bridgehead atoms. The molecule has 3 N–H and O–H groups in total. The molecule has 1 aliphatic rings. The summed E-state index contributed by atoms with van der Waals surface area (Å²) >= 11 is 0. The van der Waals surface area contributed by atoms with E-state index in [0.717, 1.165) is 18.4 Å². The Kier molecular flexibility index (Phi) is 7.01. The Balaban J connectivity index is 1.75. The molecule has 0 saturated carbocycles. The molecular weight excluding hydrogens is 330 g/mol. The van der Waals surface area contributed by atoms with E-state index in [4.69, 9.17) is 4.74 Å². The van der Waals surface area contributed by atoms with Crippen molar-refractivity contribution >= 4 is 16.1 Å². The van der Waals surface area contributed by atoms with Gasteiger partial charge in [0.05, 0.1) is 4.90 Å². The first-order chi connectivity index (χ1) is 11.5. The van der Waals surface area contributed by atoms with Crippen LogP contribution in [0, 0.1) is 0 Å². The summed E-state index contributed by atoms with van der Waals surface area (Å²) in [6.45, 7) is 3.97. The summed E-state index contributed by atoms with van der Waals surface area (Å²) < 4.78 is 31.4. The van der Waals surface area contributed by atoms with Crippen molar-refractivity contribution in [3.05, 3.63) is 29.8 Å². The molecule has 0 spiro atoms. The zero-order valence-corrected chi connectivity index (χ0v) is 14.7. The van der Waals surface area contributed by atoms with Crippen molar-refractivity contribution in [2.75, 3.05) is 26.3 Å². The standard InChI is InChI=1S/C16H25N3O4S/c1-2-18-24(21,22)15-5-3-13(4-6-15)7-10-17-16(20)19-14-8-11-23-12-9-14/h3-6,14,18H,2,7-12H2,1H3,(H2,17,19,20). The molecule has 2 rings (SSSR count). The lowest BCUT2D eigenvalue weighted by Gasteiger charge is -2.23. The zero-order valence-electron chi connectivity index (χ0n) is 13.9. The molecule has 1 heterocycles. The fourth-order valence-electron chi connectivity index (χ4n) is 2.51. The van der Waals surface area contributed by atoms with Crippen molar-refractivity contribution in [1.29, 1.82) is 0 Å². The van der Waals surface area contributed by atoms with Gasteiger partial charge in [-0.1, -0.05) is 19.1 Å². The lowest BCUT2D eigenvalue weighted by molar-refractivity contribution is 0.0801. The second kappa shape index (κ2) is 9.00. The van der Waals surface area contributed by atoms with Crippen LogP contribution in [0.4, 0.5) is 4.79 Å². The number of rotatable bonds is 7. The number of hydrogen-bond donors (Lipinski definition) is 3. The van der Waals surface area contributed by atoms with Crippen LogP contribution in [0.1, 0.15) is 25.3 Å². The van der Waals surface area contributed by atoms with Crippen LogP contribution in [0.25, 0.3) is 0 Å². The fraction of sp³-hybridized carbons (Fsp3) is 0.562. The number of carbonyl (C=O) groups is 1. The SMILES string of the molecule is CCNS(=O)(=O)c1ccc(CCNC(=O)NC2CCOCC2)cc1. The minimum absolute atomic E-state index is 0.173. The Morgan fingerprint density at radius 1 is 1.21 bits per heavy atom. The highest BCUT2D eigenvalue weighted by atomic mass is 32.2. The van der Waals surface area contributed by atoms with Crippen molar-refractivity contribution < 1.29 is 17.9 Å². The molecule has 0 radical (unpaired) electrons. The van der Waals surface area contributed by atoms with E-state index >= 15 is 0 Å². The number of ether oxygens (including phenoxy) is 1. The van der Waals surface area contributed by atoms with Crippen molar-refractivity contribution in [3.63, 3.8) is 0 Å². The normalized spacial score (nSPS) is 15.9. The van der Waals surface area contributed by atoms with Gasteiger partial charge < -0.3 is 15.4 Å². The topological polar surface area (TPSA) is 96.5 Å². The molecule has 2 amide bonds. The summed E-state index contributed by atoms with van der Waals surface area (Å²) in [6.07, 6.45) is 2.33.